The Morgan fingerprint density at radius 2 is 1.79 bits per heavy atom. The second kappa shape index (κ2) is 9.62. The highest BCUT2D eigenvalue weighted by atomic mass is 16.5. The molecular weight excluding hydrogens is 420 g/mol. The molecule has 2 aliphatic heterocycles. The maximum absolute atomic E-state index is 13.6. The zero-order valence-corrected chi connectivity index (χ0v) is 19.6. The number of hydrogen-bond donors (Lipinski definition) is 0. The van der Waals surface area contributed by atoms with Gasteiger partial charge in [0.1, 0.15) is 5.70 Å². The molecule has 1 saturated heterocycles. The summed E-state index contributed by atoms with van der Waals surface area (Å²) < 4.78 is 10.8. The van der Waals surface area contributed by atoms with E-state index in [-0.39, 0.29) is 24.4 Å². The van der Waals surface area contributed by atoms with Gasteiger partial charge in [-0.3, -0.25) is 19.5 Å². The molecular formula is C25H30N4O4. The van der Waals surface area contributed by atoms with Crippen LogP contribution < -0.4 is 9.47 Å². The number of hydrogen-bond acceptors (Lipinski definition) is 7. The molecule has 0 unspecified atom stereocenters. The first-order valence-electron chi connectivity index (χ1n) is 11.1. The number of imide groups is 1. The van der Waals surface area contributed by atoms with Crippen molar-refractivity contribution in [3.8, 4) is 11.5 Å². The summed E-state index contributed by atoms with van der Waals surface area (Å²) >= 11 is 0. The molecule has 0 radical (unpaired) electrons. The molecule has 1 aromatic carbocycles. The highest BCUT2D eigenvalue weighted by Gasteiger charge is 2.42. The van der Waals surface area contributed by atoms with Crippen molar-refractivity contribution < 1.29 is 19.1 Å². The highest BCUT2D eigenvalue weighted by molar-refractivity contribution is 6.35. The number of benzene rings is 1. The number of likely N-dealkylation sites (N-methyl/N-ethyl adjacent to an activating group) is 1. The van der Waals surface area contributed by atoms with Crippen molar-refractivity contribution in [1.82, 2.24) is 19.7 Å². The third-order valence-electron chi connectivity index (χ3n) is 6.47. The molecule has 3 heterocycles. The lowest BCUT2D eigenvalue weighted by molar-refractivity contribution is -0.138. The number of amides is 2. The van der Waals surface area contributed by atoms with Crippen LogP contribution in [0, 0.1) is 0 Å². The molecule has 2 aliphatic rings. The monoisotopic (exact) mass is 450 g/mol. The largest absolute Gasteiger partial charge is 0.493 e. The fourth-order valence-corrected chi connectivity index (χ4v) is 4.53. The molecule has 1 fully saturated rings. The highest BCUT2D eigenvalue weighted by Crippen LogP contribution is 2.37. The van der Waals surface area contributed by atoms with Crippen molar-refractivity contribution in [1.29, 1.82) is 0 Å². The number of methoxy groups -OCH3 is 2. The van der Waals surface area contributed by atoms with Crippen molar-refractivity contribution in [2.75, 3.05) is 41.4 Å². The molecule has 0 atom stereocenters. The van der Waals surface area contributed by atoms with Gasteiger partial charge in [-0.2, -0.15) is 0 Å². The van der Waals surface area contributed by atoms with Crippen molar-refractivity contribution in [3.63, 3.8) is 0 Å². The van der Waals surface area contributed by atoms with Gasteiger partial charge in [-0.1, -0.05) is 12.1 Å². The number of rotatable bonds is 7. The lowest BCUT2D eigenvalue weighted by atomic mass is 10.00. The summed E-state index contributed by atoms with van der Waals surface area (Å²) in [6.07, 6.45) is 5.21. The summed E-state index contributed by atoms with van der Waals surface area (Å²) in [5.41, 5.74) is 2.26. The van der Waals surface area contributed by atoms with E-state index in [0.717, 1.165) is 31.5 Å². The zero-order valence-electron chi connectivity index (χ0n) is 19.6. The summed E-state index contributed by atoms with van der Waals surface area (Å²) in [7, 11) is 7.14. The van der Waals surface area contributed by atoms with Gasteiger partial charge in [0.05, 0.1) is 26.3 Å². The van der Waals surface area contributed by atoms with Crippen LogP contribution in [0.4, 0.5) is 0 Å². The Hall–Kier alpha value is -3.39. The van der Waals surface area contributed by atoms with E-state index in [1.807, 2.05) is 18.0 Å². The third-order valence-corrected chi connectivity index (χ3v) is 6.47. The van der Waals surface area contributed by atoms with Gasteiger partial charge < -0.3 is 19.3 Å². The zero-order chi connectivity index (χ0) is 23.5. The molecule has 0 bridgehead atoms. The first-order valence-corrected chi connectivity index (χ1v) is 11.1. The quantitative estimate of drug-likeness (QED) is 0.600. The Morgan fingerprint density at radius 3 is 2.42 bits per heavy atom. The number of piperidine rings is 1. The second-order valence-corrected chi connectivity index (χ2v) is 8.50. The molecule has 33 heavy (non-hydrogen) atoms. The van der Waals surface area contributed by atoms with E-state index in [0.29, 0.717) is 28.3 Å². The number of ether oxygens (including phenoxy) is 2. The SMILES string of the molecule is COc1ccc(C2=C(N(C)C3CCN(C)CC3)C(=O)N(Cc3cccnc3)C2=O)cc1OC. The minimum Gasteiger partial charge on any atom is -0.493 e. The number of carbonyl (C=O) groups is 2. The van der Waals surface area contributed by atoms with Crippen LogP contribution in [0.5, 0.6) is 11.5 Å². The molecule has 2 aromatic rings. The summed E-state index contributed by atoms with van der Waals surface area (Å²) in [5.74, 6) is 0.478. The number of nitrogens with zero attached hydrogens (tertiary/aromatic N) is 4. The summed E-state index contributed by atoms with van der Waals surface area (Å²) in [6, 6.07) is 9.17. The van der Waals surface area contributed by atoms with E-state index in [9.17, 15) is 9.59 Å². The minimum atomic E-state index is -0.314. The van der Waals surface area contributed by atoms with Gasteiger partial charge >= 0.3 is 0 Å². The van der Waals surface area contributed by atoms with Crippen LogP contribution in [0.25, 0.3) is 5.57 Å². The van der Waals surface area contributed by atoms with E-state index in [1.165, 1.54) is 4.90 Å². The van der Waals surface area contributed by atoms with E-state index < -0.39 is 0 Å². The lowest BCUT2D eigenvalue weighted by Crippen LogP contribution is -2.43. The first kappa shape index (κ1) is 22.8. The molecule has 8 heteroatoms. The van der Waals surface area contributed by atoms with Crippen molar-refractivity contribution in [2.24, 2.45) is 0 Å². The molecule has 0 saturated carbocycles. The standard InChI is InChI=1S/C25H30N4O4/c1-27-12-9-19(10-13-27)28(2)23-22(18-7-8-20(32-3)21(14-18)33-4)24(30)29(25(23)31)16-17-6-5-11-26-15-17/h5-8,11,14-15,19H,9-10,12-13,16H2,1-4H3. The van der Waals surface area contributed by atoms with Crippen LogP contribution in [0.2, 0.25) is 0 Å². The molecule has 4 rings (SSSR count). The van der Waals surface area contributed by atoms with E-state index in [1.54, 1.807) is 50.9 Å². The number of likely N-dealkylation sites (tertiary alicyclic amines) is 1. The number of aromatic nitrogens is 1. The van der Waals surface area contributed by atoms with Crippen LogP contribution in [-0.2, 0) is 16.1 Å². The van der Waals surface area contributed by atoms with Gasteiger partial charge in [0, 0.05) is 25.5 Å². The van der Waals surface area contributed by atoms with Crippen LogP contribution in [0.15, 0.2) is 48.4 Å². The van der Waals surface area contributed by atoms with Gasteiger partial charge in [-0.25, -0.2) is 0 Å². The fourth-order valence-electron chi connectivity index (χ4n) is 4.53. The van der Waals surface area contributed by atoms with Crippen LogP contribution in [0.1, 0.15) is 24.0 Å². The summed E-state index contributed by atoms with van der Waals surface area (Å²) in [6.45, 7) is 2.08. The van der Waals surface area contributed by atoms with Gasteiger partial charge in [0.15, 0.2) is 11.5 Å². The third kappa shape index (κ3) is 4.43. The van der Waals surface area contributed by atoms with E-state index >= 15 is 0 Å². The van der Waals surface area contributed by atoms with Crippen molar-refractivity contribution >= 4 is 17.4 Å². The average molecular weight is 451 g/mol. The van der Waals surface area contributed by atoms with E-state index in [4.69, 9.17) is 9.47 Å². The van der Waals surface area contributed by atoms with E-state index in [2.05, 4.69) is 16.9 Å². The summed E-state index contributed by atoms with van der Waals surface area (Å²) in [5, 5.41) is 0. The Kier molecular flexibility index (Phi) is 6.65. The van der Waals surface area contributed by atoms with Crippen LogP contribution in [0.3, 0.4) is 0 Å². The predicted molar refractivity (Wildman–Crippen MR) is 125 cm³/mol. The van der Waals surface area contributed by atoms with Crippen LogP contribution >= 0.6 is 0 Å². The van der Waals surface area contributed by atoms with Crippen molar-refractivity contribution in [3.05, 3.63) is 59.5 Å². The minimum absolute atomic E-state index is 0.174. The Balaban J connectivity index is 1.76. The van der Waals surface area contributed by atoms with Crippen molar-refractivity contribution in [2.45, 2.75) is 25.4 Å². The smallest absolute Gasteiger partial charge is 0.278 e. The normalized spacial score (nSPS) is 17.6. The number of pyridine rings is 1. The second-order valence-electron chi connectivity index (χ2n) is 8.50. The van der Waals surface area contributed by atoms with Gasteiger partial charge in [0.25, 0.3) is 11.8 Å². The topological polar surface area (TPSA) is 75.2 Å². The maximum Gasteiger partial charge on any atom is 0.278 e. The fraction of sp³-hybridized carbons (Fsp3) is 0.400. The summed E-state index contributed by atoms with van der Waals surface area (Å²) in [4.78, 5) is 37.0. The number of carbonyl (C=O) groups excluding carboxylic acids is 2. The molecule has 1 aromatic heterocycles. The van der Waals surface area contributed by atoms with Crippen LogP contribution in [-0.4, -0.2) is 78.9 Å². The predicted octanol–water partition coefficient (Wildman–Crippen LogP) is 2.40. The van der Waals surface area contributed by atoms with Gasteiger partial charge in [-0.05, 0) is 62.3 Å². The Labute approximate surface area is 194 Å². The molecule has 8 nitrogen and oxygen atoms in total. The maximum atomic E-state index is 13.6. The van der Waals surface area contributed by atoms with Gasteiger partial charge in [-0.15, -0.1) is 0 Å². The molecule has 0 N–H and O–H groups in total. The molecule has 174 valence electrons. The molecule has 2 amide bonds. The van der Waals surface area contributed by atoms with Gasteiger partial charge in [0.2, 0.25) is 0 Å². The Bertz CT molecular complexity index is 1060. The first-order chi connectivity index (χ1) is 15.9. The lowest BCUT2D eigenvalue weighted by Gasteiger charge is -2.36. The Morgan fingerprint density at radius 1 is 1.06 bits per heavy atom. The average Bonchev–Trinajstić information content (AvgIpc) is 3.09. The molecule has 0 spiro atoms. The molecule has 0 aliphatic carbocycles.